The van der Waals surface area contributed by atoms with Crippen molar-refractivity contribution >= 4 is 35.8 Å². The molecule has 0 radical (unpaired) electrons. The molecule has 0 aromatic heterocycles. The Balaban J connectivity index is 0.00000363. The molecule has 3 N–H and O–H groups in total. The van der Waals surface area contributed by atoms with Gasteiger partial charge in [0.05, 0.1) is 13.1 Å². The number of carbonyl (C=O) groups excluding carboxylic acids is 1. The van der Waals surface area contributed by atoms with E-state index in [0.29, 0.717) is 50.4 Å². The zero-order chi connectivity index (χ0) is 22.3. The quantitative estimate of drug-likeness (QED) is 0.242. The molecule has 7 nitrogen and oxygen atoms in total. The normalized spacial score (nSPS) is 19.2. The van der Waals surface area contributed by atoms with E-state index in [0.717, 1.165) is 18.4 Å². The summed E-state index contributed by atoms with van der Waals surface area (Å²) >= 11 is 0. The lowest BCUT2D eigenvalue weighted by atomic mass is 10.2. The number of hydrogen-bond acceptors (Lipinski definition) is 4. The van der Waals surface area contributed by atoms with Crippen molar-refractivity contribution in [2.24, 2.45) is 4.99 Å². The highest BCUT2D eigenvalue weighted by Gasteiger charge is 2.34. The molecule has 180 valence electrons. The third kappa shape index (κ3) is 9.80. The lowest BCUT2D eigenvalue weighted by molar-refractivity contribution is -0.143. The highest BCUT2D eigenvalue weighted by Crippen LogP contribution is 2.20. The van der Waals surface area contributed by atoms with Crippen molar-refractivity contribution in [1.29, 1.82) is 0 Å². The molecule has 2 aliphatic rings. The van der Waals surface area contributed by atoms with Crippen molar-refractivity contribution in [3.63, 3.8) is 0 Å². The van der Waals surface area contributed by atoms with E-state index in [1.54, 1.807) is 6.07 Å². The molecular weight excluding hydrogens is 538 g/mol. The smallest absolute Gasteiger partial charge is 0.401 e. The largest absolute Gasteiger partial charge is 0.484 e. The molecule has 1 aromatic rings. The first-order valence-corrected chi connectivity index (χ1v) is 10.7. The molecule has 1 unspecified atom stereocenters. The number of guanidine groups is 1. The molecule has 1 amide bonds. The fourth-order valence-electron chi connectivity index (χ4n) is 3.41. The summed E-state index contributed by atoms with van der Waals surface area (Å²) in [4.78, 5) is 17.7. The summed E-state index contributed by atoms with van der Waals surface area (Å²) in [6.45, 7) is 2.78. The van der Waals surface area contributed by atoms with Gasteiger partial charge in [-0.15, -0.1) is 24.0 Å². The maximum absolute atomic E-state index is 12.6. The summed E-state index contributed by atoms with van der Waals surface area (Å²) < 4.78 is 43.3. The van der Waals surface area contributed by atoms with Crippen LogP contribution in [-0.2, 0) is 11.3 Å². The van der Waals surface area contributed by atoms with Crippen LogP contribution in [-0.4, -0.2) is 67.8 Å². The van der Waals surface area contributed by atoms with E-state index < -0.39 is 12.7 Å². The first-order valence-electron chi connectivity index (χ1n) is 10.7. The Morgan fingerprint density at radius 1 is 1.22 bits per heavy atom. The van der Waals surface area contributed by atoms with Gasteiger partial charge in [0.25, 0.3) is 5.91 Å². The number of nitrogens with zero attached hydrogens (tertiary/aromatic N) is 2. The molecule has 0 spiro atoms. The van der Waals surface area contributed by atoms with Gasteiger partial charge in [0.15, 0.2) is 12.6 Å². The predicted octanol–water partition coefficient (Wildman–Crippen LogP) is 2.65. The maximum atomic E-state index is 12.6. The number of hydrogen-bond donors (Lipinski definition) is 3. The van der Waals surface area contributed by atoms with Gasteiger partial charge in [0, 0.05) is 31.7 Å². The molecule has 1 aliphatic carbocycles. The van der Waals surface area contributed by atoms with Crippen LogP contribution in [0.3, 0.4) is 0 Å². The van der Waals surface area contributed by atoms with Crippen LogP contribution in [0, 0.1) is 0 Å². The standard InChI is InChI=1S/C21H30F3N5O2.HI/c1-2-25-20(28-17-8-9-29(12-17)14-21(22,23)24)26-11-15-4-3-5-18(10-15)31-13-19(30)27-16-6-7-16;/h3-5,10,16-17H,2,6-9,11-14H2,1H3,(H,27,30)(H2,25,26,28);1H. The lowest BCUT2D eigenvalue weighted by Crippen LogP contribution is -2.45. The van der Waals surface area contributed by atoms with Gasteiger partial charge in [-0.25, -0.2) is 4.99 Å². The predicted molar refractivity (Wildman–Crippen MR) is 127 cm³/mol. The van der Waals surface area contributed by atoms with Crippen molar-refractivity contribution in [3.05, 3.63) is 29.8 Å². The molecule has 1 heterocycles. The third-order valence-corrected chi connectivity index (χ3v) is 4.99. The Kier molecular flexibility index (Phi) is 10.3. The van der Waals surface area contributed by atoms with Crippen molar-refractivity contribution in [1.82, 2.24) is 20.9 Å². The monoisotopic (exact) mass is 569 g/mol. The van der Waals surface area contributed by atoms with E-state index in [1.165, 1.54) is 4.90 Å². The number of nitrogens with one attached hydrogen (secondary N) is 3. The van der Waals surface area contributed by atoms with Crippen LogP contribution in [0.4, 0.5) is 13.2 Å². The number of benzene rings is 1. The molecule has 11 heteroatoms. The Bertz CT molecular complexity index is 774. The Morgan fingerprint density at radius 3 is 2.69 bits per heavy atom. The highest BCUT2D eigenvalue weighted by atomic mass is 127. The molecule has 32 heavy (non-hydrogen) atoms. The number of aliphatic imine (C=N–C) groups is 1. The minimum absolute atomic E-state index is 0. The molecule has 0 bridgehead atoms. The average molecular weight is 569 g/mol. The Hall–Kier alpha value is -1.76. The van der Waals surface area contributed by atoms with Gasteiger partial charge in [-0.1, -0.05) is 12.1 Å². The van der Waals surface area contributed by atoms with E-state index in [2.05, 4.69) is 20.9 Å². The molecule has 2 fully saturated rings. The third-order valence-electron chi connectivity index (χ3n) is 4.99. The number of likely N-dealkylation sites (tertiary alicyclic amines) is 1. The van der Waals surface area contributed by atoms with Crippen molar-refractivity contribution in [2.45, 2.75) is 51.0 Å². The first kappa shape index (κ1) is 26.5. The Labute approximate surface area is 203 Å². The molecule has 1 saturated carbocycles. The molecule has 1 aliphatic heterocycles. The first-order chi connectivity index (χ1) is 14.8. The van der Waals surface area contributed by atoms with Gasteiger partial charge >= 0.3 is 6.18 Å². The fourth-order valence-corrected chi connectivity index (χ4v) is 3.41. The molecular formula is C21H31F3IN5O2. The van der Waals surface area contributed by atoms with Crippen LogP contribution in [0.25, 0.3) is 0 Å². The summed E-state index contributed by atoms with van der Waals surface area (Å²) in [5.74, 6) is 1.03. The van der Waals surface area contributed by atoms with Gasteiger partial charge in [0.2, 0.25) is 0 Å². The number of carbonyl (C=O) groups is 1. The molecule has 1 aromatic carbocycles. The second kappa shape index (κ2) is 12.5. The van der Waals surface area contributed by atoms with Crippen molar-refractivity contribution in [2.75, 3.05) is 32.8 Å². The van der Waals surface area contributed by atoms with Crippen molar-refractivity contribution < 1.29 is 22.7 Å². The molecule has 3 rings (SSSR count). The van der Waals surface area contributed by atoms with Gasteiger partial charge in [-0.05, 0) is 43.9 Å². The van der Waals surface area contributed by atoms with Gasteiger partial charge < -0.3 is 20.7 Å². The molecule has 1 saturated heterocycles. The summed E-state index contributed by atoms with van der Waals surface area (Å²) in [5.41, 5.74) is 0.905. The van der Waals surface area contributed by atoms with Crippen LogP contribution in [0.1, 0.15) is 31.7 Å². The number of amides is 1. The van der Waals surface area contributed by atoms with E-state index in [4.69, 9.17) is 4.74 Å². The zero-order valence-electron chi connectivity index (χ0n) is 18.1. The van der Waals surface area contributed by atoms with E-state index in [1.807, 2.05) is 25.1 Å². The summed E-state index contributed by atoms with van der Waals surface area (Å²) in [6, 6.07) is 7.58. The minimum Gasteiger partial charge on any atom is -0.484 e. The van der Waals surface area contributed by atoms with Crippen LogP contribution in [0.5, 0.6) is 5.75 Å². The van der Waals surface area contributed by atoms with Crippen LogP contribution >= 0.6 is 24.0 Å². The van der Waals surface area contributed by atoms with Gasteiger partial charge in [0.1, 0.15) is 5.75 Å². The second-order valence-corrected chi connectivity index (χ2v) is 7.95. The van der Waals surface area contributed by atoms with Crippen LogP contribution < -0.4 is 20.7 Å². The SMILES string of the molecule is CCNC(=NCc1cccc(OCC(=O)NC2CC2)c1)NC1CCN(CC(F)(F)F)C1.I. The van der Waals surface area contributed by atoms with Gasteiger partial charge in [-0.2, -0.15) is 13.2 Å². The fraction of sp³-hybridized carbons (Fsp3) is 0.619. The lowest BCUT2D eigenvalue weighted by Gasteiger charge is -2.19. The van der Waals surface area contributed by atoms with Crippen LogP contribution in [0.2, 0.25) is 0 Å². The number of alkyl halides is 3. The van der Waals surface area contributed by atoms with E-state index in [9.17, 15) is 18.0 Å². The highest BCUT2D eigenvalue weighted by molar-refractivity contribution is 14.0. The number of ether oxygens (including phenoxy) is 1. The zero-order valence-corrected chi connectivity index (χ0v) is 20.4. The van der Waals surface area contributed by atoms with Crippen LogP contribution in [0.15, 0.2) is 29.3 Å². The van der Waals surface area contributed by atoms with Gasteiger partial charge in [-0.3, -0.25) is 9.69 Å². The Morgan fingerprint density at radius 2 is 2.00 bits per heavy atom. The van der Waals surface area contributed by atoms with E-state index >= 15 is 0 Å². The summed E-state index contributed by atoms with van der Waals surface area (Å²) in [6.07, 6.45) is -1.49. The minimum atomic E-state index is -4.18. The number of halogens is 4. The second-order valence-electron chi connectivity index (χ2n) is 7.95. The summed E-state index contributed by atoms with van der Waals surface area (Å²) in [5, 5.41) is 9.24. The molecule has 1 atom stereocenters. The summed E-state index contributed by atoms with van der Waals surface area (Å²) in [7, 11) is 0. The van der Waals surface area contributed by atoms with Crippen molar-refractivity contribution in [3.8, 4) is 5.75 Å². The number of rotatable bonds is 9. The maximum Gasteiger partial charge on any atom is 0.401 e. The average Bonchev–Trinajstić information content (AvgIpc) is 3.42. The van der Waals surface area contributed by atoms with E-state index in [-0.39, 0.29) is 42.5 Å². The topological polar surface area (TPSA) is 78.0 Å².